The number of oxime groups is 1. The van der Waals surface area contributed by atoms with Gasteiger partial charge in [0.2, 0.25) is 5.91 Å². The Balaban J connectivity index is 2.03. The molecule has 2 rings (SSSR count). The van der Waals surface area contributed by atoms with Crippen LogP contribution in [0.3, 0.4) is 0 Å². The number of hydrogen-bond donors (Lipinski definition) is 3. The normalized spacial score (nSPS) is 26.4. The maximum Gasteiger partial charge on any atom is 0.234 e. The molecular weight excluding hydrogens is 206 g/mol. The Kier molecular flexibility index (Phi) is 2.56. The van der Waals surface area contributed by atoms with Gasteiger partial charge in [0.05, 0.1) is 0 Å². The topological polar surface area (TPSA) is 87.7 Å². The minimum atomic E-state index is -0.722. The summed E-state index contributed by atoms with van der Waals surface area (Å²) in [7, 11) is 0. The molecule has 0 atom stereocenters. The van der Waals surface area contributed by atoms with Gasteiger partial charge in [0, 0.05) is 5.54 Å². The van der Waals surface area contributed by atoms with E-state index in [1.807, 2.05) is 0 Å². The van der Waals surface area contributed by atoms with E-state index in [-0.39, 0.29) is 17.3 Å². The van der Waals surface area contributed by atoms with Crippen LogP contribution in [0, 0.1) is 5.41 Å². The third-order valence-corrected chi connectivity index (χ3v) is 3.91. The SMILES string of the molecule is CC1(NC(=O)C2(C(N)=NO)CC2)CCCC1. The van der Waals surface area contributed by atoms with Gasteiger partial charge in [-0.3, -0.25) is 4.79 Å². The first-order chi connectivity index (χ1) is 7.52. The fourth-order valence-corrected chi connectivity index (χ4v) is 2.49. The molecule has 2 fully saturated rings. The molecule has 0 heterocycles. The molecule has 0 aromatic rings. The predicted molar refractivity (Wildman–Crippen MR) is 60.1 cm³/mol. The number of nitrogens with two attached hydrogens (primary N) is 1. The molecule has 0 saturated heterocycles. The second-order valence-electron chi connectivity index (χ2n) is 5.29. The van der Waals surface area contributed by atoms with E-state index in [1.165, 1.54) is 0 Å². The molecule has 0 radical (unpaired) electrons. The Hall–Kier alpha value is -1.26. The summed E-state index contributed by atoms with van der Waals surface area (Å²) in [5, 5.41) is 14.7. The van der Waals surface area contributed by atoms with Crippen LogP contribution in [-0.4, -0.2) is 22.5 Å². The zero-order valence-corrected chi connectivity index (χ0v) is 9.62. The summed E-state index contributed by atoms with van der Waals surface area (Å²) < 4.78 is 0. The van der Waals surface area contributed by atoms with E-state index in [0.29, 0.717) is 12.8 Å². The van der Waals surface area contributed by atoms with E-state index in [4.69, 9.17) is 10.9 Å². The van der Waals surface area contributed by atoms with E-state index >= 15 is 0 Å². The fourth-order valence-electron chi connectivity index (χ4n) is 2.49. The molecule has 4 N–H and O–H groups in total. The standard InChI is InChI=1S/C11H19N3O2/c1-10(4-2-3-5-10)13-9(15)11(6-7-11)8(12)14-16/h16H,2-7H2,1H3,(H2,12,14)(H,13,15). The van der Waals surface area contributed by atoms with Crippen LogP contribution in [0.15, 0.2) is 5.16 Å². The molecule has 0 aliphatic heterocycles. The van der Waals surface area contributed by atoms with Crippen molar-refractivity contribution in [2.24, 2.45) is 16.3 Å². The van der Waals surface area contributed by atoms with Crippen molar-refractivity contribution in [1.29, 1.82) is 0 Å². The lowest BCUT2D eigenvalue weighted by atomic mass is 9.97. The van der Waals surface area contributed by atoms with Crippen molar-refractivity contribution in [2.45, 2.75) is 51.0 Å². The number of amides is 1. The minimum absolute atomic E-state index is 0.0478. The third kappa shape index (κ3) is 1.74. The average Bonchev–Trinajstić information content (AvgIpc) is 2.97. The van der Waals surface area contributed by atoms with E-state index in [9.17, 15) is 4.79 Å². The van der Waals surface area contributed by atoms with Crippen LogP contribution in [0.25, 0.3) is 0 Å². The number of carbonyl (C=O) groups is 1. The molecule has 0 aromatic carbocycles. The molecule has 90 valence electrons. The van der Waals surface area contributed by atoms with Crippen LogP contribution in [0.1, 0.15) is 45.4 Å². The summed E-state index contributed by atoms with van der Waals surface area (Å²) in [4.78, 5) is 12.1. The molecule has 5 heteroatoms. The largest absolute Gasteiger partial charge is 0.409 e. The van der Waals surface area contributed by atoms with Crippen molar-refractivity contribution in [3.05, 3.63) is 0 Å². The van der Waals surface area contributed by atoms with Crippen LogP contribution >= 0.6 is 0 Å². The Morgan fingerprint density at radius 2 is 1.88 bits per heavy atom. The highest BCUT2D eigenvalue weighted by Crippen LogP contribution is 2.47. The Morgan fingerprint density at radius 1 is 1.31 bits per heavy atom. The molecule has 2 aliphatic carbocycles. The lowest BCUT2D eigenvalue weighted by Crippen LogP contribution is -2.50. The molecular formula is C11H19N3O2. The zero-order chi connectivity index (χ0) is 11.8. The van der Waals surface area contributed by atoms with Gasteiger partial charge < -0.3 is 16.3 Å². The first kappa shape index (κ1) is 11.2. The lowest BCUT2D eigenvalue weighted by molar-refractivity contribution is -0.125. The quantitative estimate of drug-likeness (QED) is 0.289. The maximum absolute atomic E-state index is 12.1. The molecule has 0 aromatic heterocycles. The van der Waals surface area contributed by atoms with Crippen LogP contribution in [0.2, 0.25) is 0 Å². The molecule has 0 spiro atoms. The number of nitrogens with zero attached hydrogens (tertiary/aromatic N) is 1. The van der Waals surface area contributed by atoms with Crippen molar-refractivity contribution in [3.8, 4) is 0 Å². The molecule has 2 aliphatic rings. The Labute approximate surface area is 95.1 Å². The van der Waals surface area contributed by atoms with Gasteiger partial charge in [-0.2, -0.15) is 0 Å². The summed E-state index contributed by atoms with van der Waals surface area (Å²) in [6.07, 6.45) is 5.73. The average molecular weight is 225 g/mol. The first-order valence-electron chi connectivity index (χ1n) is 5.83. The summed E-state index contributed by atoms with van der Waals surface area (Å²) in [6.45, 7) is 2.07. The summed E-state index contributed by atoms with van der Waals surface area (Å²) in [5.41, 5.74) is 4.75. The number of nitrogens with one attached hydrogen (secondary N) is 1. The third-order valence-electron chi connectivity index (χ3n) is 3.91. The lowest BCUT2D eigenvalue weighted by Gasteiger charge is -2.27. The number of amidine groups is 1. The second kappa shape index (κ2) is 3.64. The van der Waals surface area contributed by atoms with Crippen molar-refractivity contribution in [1.82, 2.24) is 5.32 Å². The molecule has 16 heavy (non-hydrogen) atoms. The Bertz CT molecular complexity index is 328. The monoisotopic (exact) mass is 225 g/mol. The van der Waals surface area contributed by atoms with Gasteiger partial charge in [-0.1, -0.05) is 18.0 Å². The van der Waals surface area contributed by atoms with E-state index in [2.05, 4.69) is 17.4 Å². The van der Waals surface area contributed by atoms with Gasteiger partial charge in [0.1, 0.15) is 5.41 Å². The van der Waals surface area contributed by atoms with Crippen LogP contribution in [-0.2, 0) is 4.79 Å². The highest BCUT2D eigenvalue weighted by Gasteiger charge is 2.55. The zero-order valence-electron chi connectivity index (χ0n) is 9.62. The molecule has 0 unspecified atom stereocenters. The van der Waals surface area contributed by atoms with Gasteiger partial charge in [0.15, 0.2) is 5.84 Å². The predicted octanol–water partition coefficient (Wildman–Crippen LogP) is 0.962. The van der Waals surface area contributed by atoms with Crippen molar-refractivity contribution >= 4 is 11.7 Å². The van der Waals surface area contributed by atoms with Gasteiger partial charge >= 0.3 is 0 Å². The second-order valence-corrected chi connectivity index (χ2v) is 5.29. The molecule has 5 nitrogen and oxygen atoms in total. The number of carbonyl (C=O) groups excluding carboxylic acids is 1. The molecule has 2 saturated carbocycles. The summed E-state index contributed by atoms with van der Waals surface area (Å²) in [6, 6.07) is 0. The van der Waals surface area contributed by atoms with Crippen molar-refractivity contribution in [2.75, 3.05) is 0 Å². The van der Waals surface area contributed by atoms with Gasteiger partial charge in [-0.15, -0.1) is 0 Å². The summed E-state index contributed by atoms with van der Waals surface area (Å²) in [5.74, 6) is -0.0289. The van der Waals surface area contributed by atoms with Crippen molar-refractivity contribution in [3.63, 3.8) is 0 Å². The molecule has 0 bridgehead atoms. The summed E-state index contributed by atoms with van der Waals surface area (Å²) >= 11 is 0. The Morgan fingerprint density at radius 3 is 2.31 bits per heavy atom. The highest BCUT2D eigenvalue weighted by molar-refractivity contribution is 6.09. The van der Waals surface area contributed by atoms with Gasteiger partial charge in [-0.05, 0) is 32.6 Å². The van der Waals surface area contributed by atoms with Crippen LogP contribution in [0.5, 0.6) is 0 Å². The smallest absolute Gasteiger partial charge is 0.234 e. The minimum Gasteiger partial charge on any atom is -0.409 e. The van der Waals surface area contributed by atoms with Crippen LogP contribution < -0.4 is 11.1 Å². The van der Waals surface area contributed by atoms with E-state index < -0.39 is 5.41 Å². The number of rotatable bonds is 3. The van der Waals surface area contributed by atoms with E-state index in [0.717, 1.165) is 25.7 Å². The van der Waals surface area contributed by atoms with Gasteiger partial charge in [-0.25, -0.2) is 0 Å². The molecule has 1 amide bonds. The van der Waals surface area contributed by atoms with Crippen LogP contribution in [0.4, 0.5) is 0 Å². The van der Waals surface area contributed by atoms with E-state index in [1.54, 1.807) is 0 Å². The highest BCUT2D eigenvalue weighted by atomic mass is 16.4. The first-order valence-corrected chi connectivity index (χ1v) is 5.83. The fraction of sp³-hybridized carbons (Fsp3) is 0.818. The van der Waals surface area contributed by atoms with Gasteiger partial charge in [0.25, 0.3) is 0 Å². The van der Waals surface area contributed by atoms with Crippen molar-refractivity contribution < 1.29 is 10.0 Å². The maximum atomic E-state index is 12.1. The number of hydrogen-bond acceptors (Lipinski definition) is 3.